The van der Waals surface area contributed by atoms with E-state index in [0.717, 1.165) is 38.5 Å². The summed E-state index contributed by atoms with van der Waals surface area (Å²) in [5.41, 5.74) is -0.862. The Morgan fingerprint density at radius 2 is 1.57 bits per heavy atom. The molecule has 0 aliphatic heterocycles. The Bertz CT molecular complexity index is 382. The van der Waals surface area contributed by atoms with E-state index in [9.17, 15) is 14.5 Å². The predicted molar refractivity (Wildman–Crippen MR) is 88.5 cm³/mol. The molecule has 1 N–H and O–H groups in total. The van der Waals surface area contributed by atoms with Crippen LogP contribution in [0, 0.1) is 5.92 Å². The van der Waals surface area contributed by atoms with Crippen LogP contribution in [0.3, 0.4) is 0 Å². The molecule has 0 aromatic carbocycles. The molecule has 0 spiro atoms. The van der Waals surface area contributed by atoms with Gasteiger partial charge in [0.1, 0.15) is 5.66 Å². The lowest BCUT2D eigenvalue weighted by Gasteiger charge is -2.34. The van der Waals surface area contributed by atoms with Gasteiger partial charge in [0.2, 0.25) is 0 Å². The second-order valence-electron chi connectivity index (χ2n) is 5.81. The van der Waals surface area contributed by atoms with Crippen LogP contribution in [0.1, 0.15) is 59.3 Å². The summed E-state index contributed by atoms with van der Waals surface area (Å²) in [6.07, 6.45) is 4.36. The van der Waals surface area contributed by atoms with Gasteiger partial charge >= 0.3 is 13.6 Å². The lowest BCUT2D eigenvalue weighted by Crippen LogP contribution is -2.41. The van der Waals surface area contributed by atoms with E-state index >= 15 is 0 Å². The topological polar surface area (TPSA) is 82.1 Å². The third-order valence-corrected chi connectivity index (χ3v) is 6.89. The molecule has 0 aromatic heterocycles. The standard InChI is InChI=1S/C16H31O6P/c1-4-20-16(18)14(17)15(13-11-9-7-8-10-12-13)23(19,21-5-2)22-6-3/h13-15,17H,4-12H2,1-3H3/t14-,15-/m1/s1. The molecule has 1 aliphatic carbocycles. The summed E-state index contributed by atoms with van der Waals surface area (Å²) in [5, 5.41) is 10.5. The molecule has 0 saturated heterocycles. The fourth-order valence-corrected chi connectivity index (χ4v) is 5.70. The van der Waals surface area contributed by atoms with E-state index in [1.54, 1.807) is 20.8 Å². The number of carbonyl (C=O) groups is 1. The Labute approximate surface area is 139 Å². The van der Waals surface area contributed by atoms with Crippen molar-refractivity contribution in [1.29, 1.82) is 0 Å². The number of ether oxygens (including phenoxy) is 1. The molecule has 6 nitrogen and oxygen atoms in total. The highest BCUT2D eigenvalue weighted by atomic mass is 31.2. The van der Waals surface area contributed by atoms with Gasteiger partial charge < -0.3 is 18.9 Å². The van der Waals surface area contributed by atoms with E-state index in [0.29, 0.717) is 0 Å². The molecule has 1 saturated carbocycles. The first-order chi connectivity index (χ1) is 11.0. The zero-order valence-corrected chi connectivity index (χ0v) is 15.4. The summed E-state index contributed by atoms with van der Waals surface area (Å²) in [6.45, 7) is 5.71. The first kappa shape index (κ1) is 20.6. The third kappa shape index (κ3) is 5.86. The fourth-order valence-electron chi connectivity index (χ4n) is 3.28. The second-order valence-corrected chi connectivity index (χ2v) is 8.01. The number of hydrogen-bond acceptors (Lipinski definition) is 6. The minimum Gasteiger partial charge on any atom is -0.464 e. The molecule has 0 heterocycles. The van der Waals surface area contributed by atoms with Gasteiger partial charge in [0.15, 0.2) is 6.10 Å². The van der Waals surface area contributed by atoms with Crippen LogP contribution < -0.4 is 0 Å². The van der Waals surface area contributed by atoms with Gasteiger partial charge in [0.25, 0.3) is 0 Å². The summed E-state index contributed by atoms with van der Waals surface area (Å²) < 4.78 is 29.1. The Hall–Kier alpha value is -0.420. The number of rotatable bonds is 9. The lowest BCUT2D eigenvalue weighted by molar-refractivity contribution is -0.154. The van der Waals surface area contributed by atoms with Gasteiger partial charge in [0.05, 0.1) is 19.8 Å². The number of aliphatic hydroxyl groups is 1. The van der Waals surface area contributed by atoms with Crippen molar-refractivity contribution in [3.05, 3.63) is 0 Å². The summed E-state index contributed by atoms with van der Waals surface area (Å²) in [7, 11) is -3.60. The predicted octanol–water partition coefficient (Wildman–Crippen LogP) is 3.52. The molecule has 136 valence electrons. The van der Waals surface area contributed by atoms with Crippen LogP contribution in [0.4, 0.5) is 0 Å². The highest BCUT2D eigenvalue weighted by molar-refractivity contribution is 7.54. The summed E-state index contributed by atoms with van der Waals surface area (Å²) in [5.74, 6) is -0.817. The normalized spacial score (nSPS) is 19.8. The van der Waals surface area contributed by atoms with Crippen LogP contribution in [0.5, 0.6) is 0 Å². The van der Waals surface area contributed by atoms with Crippen LogP contribution in [-0.4, -0.2) is 42.7 Å². The molecule has 7 heteroatoms. The molecule has 1 fully saturated rings. The minimum absolute atomic E-state index is 0.0687. The van der Waals surface area contributed by atoms with Gasteiger partial charge in [-0.25, -0.2) is 4.79 Å². The largest absolute Gasteiger partial charge is 0.464 e. The first-order valence-corrected chi connectivity index (χ1v) is 10.3. The van der Waals surface area contributed by atoms with Crippen molar-refractivity contribution in [1.82, 2.24) is 0 Å². The van der Waals surface area contributed by atoms with E-state index < -0.39 is 25.3 Å². The molecule has 1 rings (SSSR count). The second kappa shape index (κ2) is 10.4. The molecular formula is C16H31O6P. The van der Waals surface area contributed by atoms with Crippen molar-refractivity contribution in [2.75, 3.05) is 19.8 Å². The van der Waals surface area contributed by atoms with E-state index in [2.05, 4.69) is 0 Å². The summed E-state index contributed by atoms with van der Waals surface area (Å²) >= 11 is 0. The average molecular weight is 350 g/mol. The summed E-state index contributed by atoms with van der Waals surface area (Å²) in [6, 6.07) is 0. The van der Waals surface area contributed by atoms with E-state index in [1.807, 2.05) is 0 Å². The number of esters is 1. The van der Waals surface area contributed by atoms with Crippen LogP contribution in [0.25, 0.3) is 0 Å². The molecular weight excluding hydrogens is 319 g/mol. The third-order valence-electron chi connectivity index (χ3n) is 4.22. The molecule has 2 atom stereocenters. The Kier molecular flexibility index (Phi) is 9.37. The molecule has 1 aliphatic rings. The number of aliphatic hydroxyl groups excluding tert-OH is 1. The van der Waals surface area contributed by atoms with Crippen molar-refractivity contribution in [2.24, 2.45) is 5.92 Å². The maximum absolute atomic E-state index is 13.3. The van der Waals surface area contributed by atoms with Gasteiger partial charge in [-0.2, -0.15) is 0 Å². The quantitative estimate of drug-likeness (QED) is 0.389. The van der Waals surface area contributed by atoms with E-state index in [-0.39, 0.29) is 25.7 Å². The minimum atomic E-state index is -3.60. The molecule has 0 unspecified atom stereocenters. The van der Waals surface area contributed by atoms with Gasteiger partial charge in [-0.1, -0.05) is 25.7 Å². The van der Waals surface area contributed by atoms with Crippen LogP contribution in [0.2, 0.25) is 0 Å². The van der Waals surface area contributed by atoms with Crippen molar-refractivity contribution < 1.29 is 28.3 Å². The molecule has 0 amide bonds. The Balaban J connectivity index is 3.11. The number of carbonyl (C=O) groups excluding carboxylic acids is 1. The maximum Gasteiger partial charge on any atom is 0.337 e. The lowest BCUT2D eigenvalue weighted by atomic mass is 9.93. The molecule has 23 heavy (non-hydrogen) atoms. The van der Waals surface area contributed by atoms with Crippen LogP contribution in [-0.2, 0) is 23.1 Å². The maximum atomic E-state index is 13.3. The van der Waals surface area contributed by atoms with Crippen LogP contribution in [0.15, 0.2) is 0 Å². The zero-order valence-electron chi connectivity index (χ0n) is 14.5. The van der Waals surface area contributed by atoms with Crippen molar-refractivity contribution in [3.63, 3.8) is 0 Å². The average Bonchev–Trinajstić information content (AvgIpc) is 2.77. The molecule has 0 aromatic rings. The molecule has 0 radical (unpaired) electrons. The molecule has 0 bridgehead atoms. The monoisotopic (exact) mass is 350 g/mol. The summed E-state index contributed by atoms with van der Waals surface area (Å²) in [4.78, 5) is 12.1. The highest BCUT2D eigenvalue weighted by Crippen LogP contribution is 2.58. The highest BCUT2D eigenvalue weighted by Gasteiger charge is 2.48. The van der Waals surface area contributed by atoms with Gasteiger partial charge in [0, 0.05) is 0 Å². The van der Waals surface area contributed by atoms with Gasteiger partial charge in [-0.3, -0.25) is 4.57 Å². The van der Waals surface area contributed by atoms with Crippen molar-refractivity contribution in [2.45, 2.75) is 71.1 Å². The van der Waals surface area contributed by atoms with E-state index in [1.165, 1.54) is 0 Å². The SMILES string of the molecule is CCOC(=O)[C@H](O)[C@@H](C1CCCCCC1)P(=O)(OCC)OCC. The van der Waals surface area contributed by atoms with Gasteiger partial charge in [-0.15, -0.1) is 0 Å². The Morgan fingerprint density at radius 1 is 1.04 bits per heavy atom. The van der Waals surface area contributed by atoms with Gasteiger partial charge in [-0.05, 0) is 39.5 Å². The number of hydrogen-bond donors (Lipinski definition) is 1. The van der Waals surface area contributed by atoms with Crippen molar-refractivity contribution >= 4 is 13.6 Å². The van der Waals surface area contributed by atoms with Crippen LogP contribution >= 0.6 is 7.60 Å². The van der Waals surface area contributed by atoms with Crippen molar-refractivity contribution in [3.8, 4) is 0 Å². The fraction of sp³-hybridized carbons (Fsp3) is 0.938. The van der Waals surface area contributed by atoms with E-state index in [4.69, 9.17) is 13.8 Å². The first-order valence-electron chi connectivity index (χ1n) is 8.73. The Morgan fingerprint density at radius 3 is 2.00 bits per heavy atom. The smallest absolute Gasteiger partial charge is 0.337 e. The zero-order chi connectivity index (χ0) is 17.3.